The lowest BCUT2D eigenvalue weighted by atomic mass is 10.1. The number of ether oxygens (including phenoxy) is 3. The van der Waals surface area contributed by atoms with Crippen LogP contribution in [0, 0.1) is 5.92 Å². The van der Waals surface area contributed by atoms with Gasteiger partial charge in [-0.2, -0.15) is 0 Å². The zero-order valence-corrected chi connectivity index (χ0v) is 18.0. The average molecular weight is 386 g/mol. The van der Waals surface area contributed by atoms with Crippen LogP contribution in [0.4, 0.5) is 0 Å². The van der Waals surface area contributed by atoms with Crippen molar-refractivity contribution < 1.29 is 14.2 Å². The van der Waals surface area contributed by atoms with E-state index in [0.29, 0.717) is 19.1 Å². The number of nitrogens with one attached hydrogen (secondary N) is 1. The molecule has 1 atom stereocenters. The van der Waals surface area contributed by atoms with E-state index in [9.17, 15) is 0 Å². The molecular weight excluding hydrogens is 342 g/mol. The van der Waals surface area contributed by atoms with Crippen molar-refractivity contribution >= 4 is 5.96 Å². The van der Waals surface area contributed by atoms with E-state index < -0.39 is 0 Å². The fraction of sp³-hybridized carbons (Fsp3) is 0.952. The SMILES string of the molecule is CCCCCCCCOCCCNC(=NC)N1CCC(COCCOC)C1. The van der Waals surface area contributed by atoms with E-state index in [1.165, 1.54) is 38.5 Å². The highest BCUT2D eigenvalue weighted by Gasteiger charge is 2.24. The predicted octanol–water partition coefficient (Wildman–Crippen LogP) is 3.31. The smallest absolute Gasteiger partial charge is 0.193 e. The summed E-state index contributed by atoms with van der Waals surface area (Å²) in [6.07, 6.45) is 10.1. The van der Waals surface area contributed by atoms with Gasteiger partial charge in [-0.3, -0.25) is 4.99 Å². The Morgan fingerprint density at radius 2 is 1.78 bits per heavy atom. The topological polar surface area (TPSA) is 55.3 Å². The van der Waals surface area contributed by atoms with Gasteiger partial charge in [0.15, 0.2) is 5.96 Å². The normalized spacial score (nSPS) is 17.7. The van der Waals surface area contributed by atoms with Gasteiger partial charge >= 0.3 is 0 Å². The third-order valence-corrected chi connectivity index (χ3v) is 4.97. The number of rotatable bonds is 16. The van der Waals surface area contributed by atoms with Gasteiger partial charge in [0.05, 0.1) is 19.8 Å². The van der Waals surface area contributed by atoms with E-state index in [2.05, 4.69) is 22.1 Å². The average Bonchev–Trinajstić information content (AvgIpc) is 3.15. The van der Waals surface area contributed by atoms with E-state index in [0.717, 1.165) is 58.3 Å². The Hall–Kier alpha value is -0.850. The van der Waals surface area contributed by atoms with Gasteiger partial charge in [0.1, 0.15) is 0 Å². The molecule has 0 aromatic heterocycles. The highest BCUT2D eigenvalue weighted by atomic mass is 16.5. The lowest BCUT2D eigenvalue weighted by molar-refractivity contribution is 0.0536. The lowest BCUT2D eigenvalue weighted by Gasteiger charge is -2.21. The number of unbranched alkanes of at least 4 members (excludes halogenated alkanes) is 5. The minimum atomic E-state index is 0.584. The van der Waals surface area contributed by atoms with Gasteiger partial charge in [-0.05, 0) is 19.3 Å². The van der Waals surface area contributed by atoms with Gasteiger partial charge in [-0.15, -0.1) is 0 Å². The van der Waals surface area contributed by atoms with Gasteiger partial charge in [-0.1, -0.05) is 39.0 Å². The molecule has 6 heteroatoms. The molecule has 1 rings (SSSR count). The summed E-state index contributed by atoms with van der Waals surface area (Å²) in [5.74, 6) is 1.59. The van der Waals surface area contributed by atoms with Crippen LogP contribution in [-0.4, -0.2) is 77.7 Å². The molecule has 27 heavy (non-hydrogen) atoms. The van der Waals surface area contributed by atoms with E-state index in [4.69, 9.17) is 14.2 Å². The van der Waals surface area contributed by atoms with Crippen LogP contribution < -0.4 is 5.32 Å². The molecule has 0 aliphatic carbocycles. The first kappa shape index (κ1) is 24.2. The van der Waals surface area contributed by atoms with Gasteiger partial charge in [0, 0.05) is 52.9 Å². The molecule has 0 aromatic carbocycles. The van der Waals surface area contributed by atoms with Crippen molar-refractivity contribution in [2.75, 3.05) is 66.8 Å². The fourth-order valence-electron chi connectivity index (χ4n) is 3.35. The fourth-order valence-corrected chi connectivity index (χ4v) is 3.35. The second-order valence-corrected chi connectivity index (χ2v) is 7.38. The van der Waals surface area contributed by atoms with E-state index >= 15 is 0 Å². The Kier molecular flexibility index (Phi) is 15.5. The van der Waals surface area contributed by atoms with Crippen LogP contribution in [0.25, 0.3) is 0 Å². The Labute approximate surface area is 167 Å². The number of likely N-dealkylation sites (tertiary alicyclic amines) is 1. The number of hydrogen-bond acceptors (Lipinski definition) is 4. The molecule has 0 spiro atoms. The van der Waals surface area contributed by atoms with Crippen molar-refractivity contribution in [3.8, 4) is 0 Å². The Balaban J connectivity index is 1.99. The largest absolute Gasteiger partial charge is 0.382 e. The first-order chi connectivity index (χ1) is 13.3. The van der Waals surface area contributed by atoms with Crippen molar-refractivity contribution in [2.24, 2.45) is 10.9 Å². The molecule has 1 fully saturated rings. The summed E-state index contributed by atoms with van der Waals surface area (Å²) in [5, 5.41) is 3.47. The molecule has 1 aliphatic heterocycles. The predicted molar refractivity (Wildman–Crippen MR) is 113 cm³/mol. The summed E-state index contributed by atoms with van der Waals surface area (Å²) in [7, 11) is 3.57. The highest BCUT2D eigenvalue weighted by molar-refractivity contribution is 5.80. The number of nitrogens with zero attached hydrogens (tertiary/aromatic N) is 2. The summed E-state index contributed by atoms with van der Waals surface area (Å²) < 4.78 is 16.4. The molecule has 1 aliphatic rings. The van der Waals surface area contributed by atoms with E-state index in [1.807, 2.05) is 7.05 Å². The van der Waals surface area contributed by atoms with E-state index in [-0.39, 0.29) is 0 Å². The summed E-state index contributed by atoms with van der Waals surface area (Å²) in [5.41, 5.74) is 0. The third kappa shape index (κ3) is 12.3. The summed E-state index contributed by atoms with van der Waals surface area (Å²) in [4.78, 5) is 6.76. The zero-order valence-electron chi connectivity index (χ0n) is 18.0. The first-order valence-corrected chi connectivity index (χ1v) is 10.9. The molecular formula is C21H43N3O3. The van der Waals surface area contributed by atoms with Crippen LogP contribution in [0.2, 0.25) is 0 Å². The van der Waals surface area contributed by atoms with Crippen molar-refractivity contribution in [3.63, 3.8) is 0 Å². The first-order valence-electron chi connectivity index (χ1n) is 10.9. The molecule has 0 saturated carbocycles. The number of hydrogen-bond donors (Lipinski definition) is 1. The number of aliphatic imine (C=N–C) groups is 1. The second-order valence-electron chi connectivity index (χ2n) is 7.38. The molecule has 0 amide bonds. The van der Waals surface area contributed by atoms with Crippen LogP contribution in [-0.2, 0) is 14.2 Å². The summed E-state index contributed by atoms with van der Waals surface area (Å²) >= 11 is 0. The summed E-state index contributed by atoms with van der Waals surface area (Å²) in [6.45, 7) is 9.12. The van der Waals surface area contributed by atoms with Gasteiger partial charge in [0.2, 0.25) is 0 Å². The van der Waals surface area contributed by atoms with Crippen LogP contribution in [0.1, 0.15) is 58.3 Å². The van der Waals surface area contributed by atoms with Crippen molar-refractivity contribution in [1.29, 1.82) is 0 Å². The molecule has 160 valence electrons. The molecule has 0 radical (unpaired) electrons. The zero-order chi connectivity index (χ0) is 19.6. The van der Waals surface area contributed by atoms with Crippen molar-refractivity contribution in [3.05, 3.63) is 0 Å². The molecule has 6 nitrogen and oxygen atoms in total. The maximum atomic E-state index is 5.74. The molecule has 1 unspecified atom stereocenters. The molecule has 0 bridgehead atoms. The maximum absolute atomic E-state index is 5.74. The molecule has 1 N–H and O–H groups in total. The van der Waals surface area contributed by atoms with Gasteiger partial charge < -0.3 is 24.4 Å². The van der Waals surface area contributed by atoms with Crippen LogP contribution in [0.3, 0.4) is 0 Å². The standard InChI is InChI=1S/C21H43N3O3/c1-4-5-6-7-8-9-14-26-15-10-12-23-21(22-2)24-13-11-20(18-24)19-27-17-16-25-3/h20H,4-19H2,1-3H3,(H,22,23). The molecule has 0 aromatic rings. The minimum Gasteiger partial charge on any atom is -0.382 e. The Bertz CT molecular complexity index is 367. The minimum absolute atomic E-state index is 0.584. The molecule has 1 heterocycles. The van der Waals surface area contributed by atoms with Crippen LogP contribution >= 0.6 is 0 Å². The van der Waals surface area contributed by atoms with Crippen LogP contribution in [0.15, 0.2) is 4.99 Å². The highest BCUT2D eigenvalue weighted by Crippen LogP contribution is 2.16. The Morgan fingerprint density at radius 3 is 2.56 bits per heavy atom. The number of guanidine groups is 1. The Morgan fingerprint density at radius 1 is 1.00 bits per heavy atom. The van der Waals surface area contributed by atoms with Crippen molar-refractivity contribution in [1.82, 2.24) is 10.2 Å². The lowest BCUT2D eigenvalue weighted by Crippen LogP contribution is -2.40. The van der Waals surface area contributed by atoms with Crippen LogP contribution in [0.5, 0.6) is 0 Å². The van der Waals surface area contributed by atoms with Gasteiger partial charge in [-0.25, -0.2) is 0 Å². The van der Waals surface area contributed by atoms with Crippen molar-refractivity contribution in [2.45, 2.75) is 58.3 Å². The molecule has 1 saturated heterocycles. The van der Waals surface area contributed by atoms with Gasteiger partial charge in [0.25, 0.3) is 0 Å². The second kappa shape index (κ2) is 17.3. The maximum Gasteiger partial charge on any atom is 0.193 e. The quantitative estimate of drug-likeness (QED) is 0.251. The third-order valence-electron chi connectivity index (χ3n) is 4.97. The summed E-state index contributed by atoms with van der Waals surface area (Å²) in [6, 6.07) is 0. The monoisotopic (exact) mass is 385 g/mol. The number of methoxy groups -OCH3 is 1. The van der Waals surface area contributed by atoms with E-state index in [1.54, 1.807) is 7.11 Å².